The van der Waals surface area contributed by atoms with E-state index in [1.165, 1.54) is 10.6 Å². The Bertz CT molecular complexity index is 1250. The largest absolute Gasteiger partial charge is 0.352 e. The fourth-order valence-electron chi connectivity index (χ4n) is 3.11. The third-order valence-electron chi connectivity index (χ3n) is 5.34. The van der Waals surface area contributed by atoms with Gasteiger partial charge in [0.25, 0.3) is 0 Å². The van der Waals surface area contributed by atoms with Crippen LogP contribution in [-0.2, 0) is 17.9 Å². The van der Waals surface area contributed by atoms with Gasteiger partial charge in [0.2, 0.25) is 5.91 Å². The van der Waals surface area contributed by atoms with E-state index in [9.17, 15) is 4.79 Å². The minimum atomic E-state index is -0.0150. The highest BCUT2D eigenvalue weighted by atomic mass is 35.5. The normalized spacial score (nSPS) is 12.9. The Balaban J connectivity index is 0.000000266. The van der Waals surface area contributed by atoms with E-state index in [4.69, 9.17) is 16.6 Å². The van der Waals surface area contributed by atoms with Crippen LogP contribution in [0.2, 0.25) is 5.02 Å². The monoisotopic (exact) mass is 560 g/mol. The van der Waals surface area contributed by atoms with Crippen LogP contribution in [0.5, 0.6) is 0 Å². The number of fused-ring (bicyclic) bond motifs is 1. The van der Waals surface area contributed by atoms with Gasteiger partial charge >= 0.3 is 0 Å². The summed E-state index contributed by atoms with van der Waals surface area (Å²) in [6, 6.07) is 20.0. The first-order chi connectivity index (χ1) is 19.0. The number of carbonyl (C=O) groups is 1. The molecule has 204 valence electrons. The van der Waals surface area contributed by atoms with E-state index in [1.807, 2.05) is 62.4 Å². The maximum Gasteiger partial charge on any atom is 0.224 e. The number of rotatable bonds is 7. The average molecular weight is 561 g/mol. The number of amidine groups is 1. The van der Waals surface area contributed by atoms with Gasteiger partial charge in [0.1, 0.15) is 5.84 Å². The Morgan fingerprint density at radius 2 is 1.82 bits per heavy atom. The Morgan fingerprint density at radius 1 is 1.08 bits per heavy atom. The molecule has 39 heavy (non-hydrogen) atoms. The van der Waals surface area contributed by atoms with Crippen molar-refractivity contribution in [2.24, 2.45) is 4.99 Å². The van der Waals surface area contributed by atoms with Crippen molar-refractivity contribution in [3.05, 3.63) is 131 Å². The summed E-state index contributed by atoms with van der Waals surface area (Å²) in [6.07, 6.45) is 10.3. The van der Waals surface area contributed by atoms with Crippen LogP contribution in [0.1, 0.15) is 50.3 Å². The summed E-state index contributed by atoms with van der Waals surface area (Å²) in [5.41, 5.74) is 4.49. The number of halogens is 1. The minimum absolute atomic E-state index is 0.0150. The van der Waals surface area contributed by atoms with Gasteiger partial charge in [0.15, 0.2) is 0 Å². The predicted octanol–water partition coefficient (Wildman–Crippen LogP) is 8.09. The molecule has 2 heterocycles. The number of amides is 1. The second-order valence-corrected chi connectivity index (χ2v) is 9.67. The predicted molar refractivity (Wildman–Crippen MR) is 167 cm³/mol. The van der Waals surface area contributed by atoms with Crippen molar-refractivity contribution in [1.82, 2.24) is 15.6 Å². The topological polar surface area (TPSA) is 66.4 Å². The van der Waals surface area contributed by atoms with Crippen LogP contribution in [-0.4, -0.2) is 16.7 Å². The lowest BCUT2D eigenvalue weighted by molar-refractivity contribution is -0.120. The van der Waals surface area contributed by atoms with E-state index in [0.717, 1.165) is 34.0 Å². The average Bonchev–Trinajstić information content (AvgIpc) is 3.16. The number of aliphatic imine (C=N–C) groups is 1. The second-order valence-electron chi connectivity index (χ2n) is 8.32. The van der Waals surface area contributed by atoms with E-state index in [2.05, 4.69) is 58.8 Å². The highest BCUT2D eigenvalue weighted by Crippen LogP contribution is 2.28. The molecule has 1 aliphatic rings. The number of aromatic nitrogens is 1. The third-order valence-corrected chi connectivity index (χ3v) is 6.60. The number of nitrogens with zero attached hydrogens (tertiary/aromatic N) is 2. The fourth-order valence-corrected chi connectivity index (χ4v) is 4.18. The number of hydrogen-bond acceptors (Lipinski definition) is 4. The van der Waals surface area contributed by atoms with Gasteiger partial charge in [-0.15, -0.1) is 6.58 Å². The van der Waals surface area contributed by atoms with Crippen molar-refractivity contribution in [3.8, 4) is 0 Å². The van der Waals surface area contributed by atoms with Crippen LogP contribution < -0.4 is 10.6 Å². The molecule has 3 aromatic rings. The number of carbonyl (C=O) groups excluding carboxylic acids is 1. The highest BCUT2D eigenvalue weighted by Gasteiger charge is 2.13. The van der Waals surface area contributed by atoms with Crippen molar-refractivity contribution in [3.63, 3.8) is 0 Å². The molecule has 1 aromatic heterocycles. The molecule has 0 bridgehead atoms. The van der Waals surface area contributed by atoms with Gasteiger partial charge in [-0.3, -0.25) is 14.8 Å². The molecule has 0 atom stereocenters. The van der Waals surface area contributed by atoms with Crippen LogP contribution in [0, 0.1) is 0 Å². The van der Waals surface area contributed by atoms with Gasteiger partial charge < -0.3 is 10.6 Å². The SMILES string of the molecule is C/C=C\C.C=CCC(=O)NCc1cccnc1.CCC1=CSc2ccccc2C(=NCc2ccc(Cl)cc2)N1. The molecular formula is C32H37ClN4OS. The lowest BCUT2D eigenvalue weighted by atomic mass is 10.2. The molecule has 0 radical (unpaired) electrons. The first-order valence-electron chi connectivity index (χ1n) is 12.8. The van der Waals surface area contributed by atoms with Crippen LogP contribution in [0.15, 0.2) is 119 Å². The molecule has 5 nitrogen and oxygen atoms in total. The molecule has 2 aromatic carbocycles. The lowest BCUT2D eigenvalue weighted by Gasteiger charge is -2.11. The van der Waals surface area contributed by atoms with Gasteiger partial charge in [-0.25, -0.2) is 0 Å². The summed E-state index contributed by atoms with van der Waals surface area (Å²) in [5, 5.41) is 9.14. The molecule has 1 aliphatic heterocycles. The zero-order chi connectivity index (χ0) is 28.3. The summed E-state index contributed by atoms with van der Waals surface area (Å²) >= 11 is 7.68. The van der Waals surface area contributed by atoms with Crippen molar-refractivity contribution >= 4 is 35.1 Å². The van der Waals surface area contributed by atoms with Crippen molar-refractivity contribution < 1.29 is 4.79 Å². The quantitative estimate of drug-likeness (QED) is 0.286. The van der Waals surface area contributed by atoms with Crippen molar-refractivity contribution in [2.45, 2.75) is 51.6 Å². The first kappa shape index (κ1) is 31.6. The zero-order valence-corrected chi connectivity index (χ0v) is 24.4. The van der Waals surface area contributed by atoms with Gasteiger partial charge in [0, 0.05) is 46.5 Å². The molecular weight excluding hydrogens is 524 g/mol. The van der Waals surface area contributed by atoms with E-state index in [1.54, 1.807) is 30.2 Å². The first-order valence-corrected chi connectivity index (χ1v) is 14.1. The molecule has 0 saturated carbocycles. The minimum Gasteiger partial charge on any atom is -0.352 e. The molecule has 2 N–H and O–H groups in total. The summed E-state index contributed by atoms with van der Waals surface area (Å²) < 4.78 is 0. The Kier molecular flexibility index (Phi) is 15.1. The standard InChI is InChI=1S/C18H17ClN2S.C10H12N2O.C4H8/c1-2-15-12-22-17-6-4-3-5-16(17)18(21-15)20-11-13-7-9-14(19)10-8-13;1-2-4-10(13)12-8-9-5-3-6-11-7-9;1-3-4-2/h3-10,12H,2,11H2,1H3,(H,20,21);2-3,5-7H,1,4,8H2,(H,12,13);3-4H,1-2H3/b;;4-3-. The molecule has 0 saturated heterocycles. The number of hydrogen-bond donors (Lipinski definition) is 2. The zero-order valence-electron chi connectivity index (χ0n) is 22.9. The maximum atomic E-state index is 11.0. The van der Waals surface area contributed by atoms with E-state index < -0.39 is 0 Å². The van der Waals surface area contributed by atoms with Gasteiger partial charge in [-0.1, -0.05) is 84.9 Å². The van der Waals surface area contributed by atoms with E-state index in [-0.39, 0.29) is 5.91 Å². The Labute approximate surface area is 242 Å². The molecule has 1 amide bonds. The van der Waals surface area contributed by atoms with E-state index >= 15 is 0 Å². The molecule has 0 unspecified atom stereocenters. The molecule has 0 fully saturated rings. The van der Waals surface area contributed by atoms with Crippen LogP contribution in [0.4, 0.5) is 0 Å². The smallest absolute Gasteiger partial charge is 0.224 e. The van der Waals surface area contributed by atoms with Gasteiger partial charge in [-0.05, 0) is 61.1 Å². The summed E-state index contributed by atoms with van der Waals surface area (Å²) in [5.74, 6) is 0.919. The van der Waals surface area contributed by atoms with Gasteiger partial charge in [-0.2, -0.15) is 0 Å². The Hall–Kier alpha value is -3.61. The number of allylic oxidation sites excluding steroid dienone is 3. The summed E-state index contributed by atoms with van der Waals surface area (Å²) in [6.45, 7) is 10.8. The van der Waals surface area contributed by atoms with Crippen molar-refractivity contribution in [2.75, 3.05) is 0 Å². The molecule has 0 spiro atoms. The maximum absolute atomic E-state index is 11.0. The van der Waals surface area contributed by atoms with Crippen LogP contribution in [0.25, 0.3) is 0 Å². The van der Waals surface area contributed by atoms with E-state index in [0.29, 0.717) is 19.5 Å². The molecule has 7 heteroatoms. The molecule has 4 rings (SSSR count). The van der Waals surface area contributed by atoms with Crippen LogP contribution in [0.3, 0.4) is 0 Å². The summed E-state index contributed by atoms with van der Waals surface area (Å²) in [4.78, 5) is 21.0. The third kappa shape index (κ3) is 12.2. The Morgan fingerprint density at radius 3 is 2.46 bits per heavy atom. The number of nitrogens with one attached hydrogen (secondary N) is 2. The number of benzene rings is 2. The second kappa shape index (κ2) is 18.6. The summed E-state index contributed by atoms with van der Waals surface area (Å²) in [7, 11) is 0. The highest BCUT2D eigenvalue weighted by molar-refractivity contribution is 8.02. The van der Waals surface area contributed by atoms with Gasteiger partial charge in [0.05, 0.1) is 6.54 Å². The number of thioether (sulfide) groups is 1. The van der Waals surface area contributed by atoms with Crippen LogP contribution >= 0.6 is 23.4 Å². The number of pyridine rings is 1. The fraction of sp³-hybridized carbons (Fsp3) is 0.219. The lowest BCUT2D eigenvalue weighted by Crippen LogP contribution is -2.23. The molecule has 0 aliphatic carbocycles. The van der Waals surface area contributed by atoms with Crippen molar-refractivity contribution in [1.29, 1.82) is 0 Å².